The zero-order valence-corrected chi connectivity index (χ0v) is 14.0. The number of benzene rings is 1. The molecule has 7 heteroatoms. The molecule has 0 spiro atoms. The van der Waals surface area contributed by atoms with Crippen molar-refractivity contribution >= 4 is 5.69 Å². The summed E-state index contributed by atoms with van der Waals surface area (Å²) in [6.45, 7) is 7.25. The van der Waals surface area contributed by atoms with Crippen molar-refractivity contribution in [2.45, 2.75) is 12.6 Å². The van der Waals surface area contributed by atoms with Crippen molar-refractivity contribution in [1.82, 2.24) is 24.8 Å². The smallest absolute Gasteiger partial charge is 0.123 e. The third-order valence-corrected chi connectivity index (χ3v) is 5.00. The van der Waals surface area contributed by atoms with Gasteiger partial charge in [-0.3, -0.25) is 14.5 Å². The molecule has 0 unspecified atom stereocenters. The molecule has 2 saturated heterocycles. The van der Waals surface area contributed by atoms with Crippen LogP contribution in [-0.4, -0.2) is 70.1 Å². The van der Waals surface area contributed by atoms with Gasteiger partial charge < -0.3 is 4.90 Å². The molecule has 6 nitrogen and oxygen atoms in total. The van der Waals surface area contributed by atoms with Crippen LogP contribution in [0, 0.1) is 5.82 Å². The highest BCUT2D eigenvalue weighted by atomic mass is 19.1. The minimum atomic E-state index is -0.171. The van der Waals surface area contributed by atoms with E-state index < -0.39 is 0 Å². The number of hydrogen-bond donors (Lipinski definition) is 0. The van der Waals surface area contributed by atoms with Crippen LogP contribution in [0.1, 0.15) is 5.69 Å². The van der Waals surface area contributed by atoms with Gasteiger partial charge in [-0.25, -0.2) is 4.39 Å². The first-order valence-corrected chi connectivity index (χ1v) is 8.49. The fraction of sp³-hybridized carbons (Fsp3) is 0.529. The maximum Gasteiger partial charge on any atom is 0.123 e. The second-order valence-electron chi connectivity index (χ2n) is 6.73. The first-order valence-electron chi connectivity index (χ1n) is 8.49. The van der Waals surface area contributed by atoms with E-state index in [-0.39, 0.29) is 5.82 Å². The third kappa shape index (κ3) is 3.27. The average molecular weight is 330 g/mol. The second kappa shape index (κ2) is 6.49. The van der Waals surface area contributed by atoms with Crippen molar-refractivity contribution in [3.63, 3.8) is 0 Å². The highest BCUT2D eigenvalue weighted by Gasteiger charge is 2.33. The number of aromatic nitrogens is 3. The largest absolute Gasteiger partial charge is 0.369 e. The Hall–Kier alpha value is -1.99. The molecule has 0 aliphatic carbocycles. The lowest BCUT2D eigenvalue weighted by molar-refractivity contribution is 0.0249. The van der Waals surface area contributed by atoms with Gasteiger partial charge in [0.25, 0.3) is 0 Å². The van der Waals surface area contributed by atoms with Crippen LogP contribution in [0.15, 0.2) is 30.5 Å². The second-order valence-corrected chi connectivity index (χ2v) is 6.73. The number of nitrogens with zero attached hydrogens (tertiary/aromatic N) is 6. The molecule has 0 amide bonds. The molecule has 1 aromatic heterocycles. The summed E-state index contributed by atoms with van der Waals surface area (Å²) < 4.78 is 14.8. The molecule has 24 heavy (non-hydrogen) atoms. The summed E-state index contributed by atoms with van der Waals surface area (Å²) in [7, 11) is 1.90. The quantitative estimate of drug-likeness (QED) is 0.835. The van der Waals surface area contributed by atoms with Crippen molar-refractivity contribution in [2.24, 2.45) is 7.05 Å². The zero-order chi connectivity index (χ0) is 16.5. The third-order valence-electron chi connectivity index (χ3n) is 5.00. The van der Waals surface area contributed by atoms with Gasteiger partial charge >= 0.3 is 0 Å². The summed E-state index contributed by atoms with van der Waals surface area (Å²) in [4.78, 5) is 7.33. The zero-order valence-electron chi connectivity index (χ0n) is 14.0. The van der Waals surface area contributed by atoms with Crippen LogP contribution in [0.3, 0.4) is 0 Å². The number of likely N-dealkylation sites (tertiary alicyclic amines) is 1. The molecular weight excluding hydrogens is 307 g/mol. The van der Waals surface area contributed by atoms with Crippen molar-refractivity contribution in [1.29, 1.82) is 0 Å². The van der Waals surface area contributed by atoms with E-state index in [1.54, 1.807) is 4.68 Å². The van der Waals surface area contributed by atoms with E-state index in [9.17, 15) is 4.39 Å². The first-order chi connectivity index (χ1) is 11.7. The van der Waals surface area contributed by atoms with Gasteiger partial charge in [0.15, 0.2) is 0 Å². The number of hydrogen-bond acceptors (Lipinski definition) is 5. The molecular formula is C17H23FN6. The Balaban J connectivity index is 1.23. The van der Waals surface area contributed by atoms with E-state index in [4.69, 9.17) is 0 Å². The Kier molecular flexibility index (Phi) is 4.20. The minimum absolute atomic E-state index is 0.171. The Labute approximate surface area is 141 Å². The number of piperazine rings is 1. The van der Waals surface area contributed by atoms with Crippen LogP contribution in [-0.2, 0) is 13.6 Å². The van der Waals surface area contributed by atoms with E-state index in [0.717, 1.165) is 57.2 Å². The molecule has 0 radical (unpaired) electrons. The van der Waals surface area contributed by atoms with E-state index in [2.05, 4.69) is 25.0 Å². The van der Waals surface area contributed by atoms with Gasteiger partial charge in [-0.05, 0) is 24.3 Å². The van der Waals surface area contributed by atoms with Gasteiger partial charge in [-0.2, -0.15) is 0 Å². The van der Waals surface area contributed by atoms with Gasteiger partial charge in [0.2, 0.25) is 0 Å². The summed E-state index contributed by atoms with van der Waals surface area (Å²) in [5, 5.41) is 8.13. The molecule has 4 rings (SSSR count). The molecule has 0 saturated carbocycles. The number of halogens is 1. The van der Waals surface area contributed by atoms with Gasteiger partial charge in [-0.15, -0.1) is 5.10 Å². The topological polar surface area (TPSA) is 40.4 Å². The molecule has 3 heterocycles. The SMILES string of the molecule is Cn1cc(CN2CC(N3CCN(c4ccc(F)cc4)CC3)C2)nn1. The van der Waals surface area contributed by atoms with Gasteiger partial charge in [-0.1, -0.05) is 5.21 Å². The molecule has 0 N–H and O–H groups in total. The standard InChI is InChI=1S/C17H23FN6/c1-21-10-15(19-20-21)11-22-12-17(13-22)24-8-6-23(7-9-24)16-4-2-14(18)3-5-16/h2-5,10,17H,6-9,11-13H2,1H3. The molecule has 0 bridgehead atoms. The maximum atomic E-state index is 13.0. The fourth-order valence-corrected chi connectivity index (χ4v) is 3.60. The van der Waals surface area contributed by atoms with Crippen LogP contribution < -0.4 is 4.90 Å². The maximum absolute atomic E-state index is 13.0. The fourth-order valence-electron chi connectivity index (χ4n) is 3.60. The van der Waals surface area contributed by atoms with E-state index >= 15 is 0 Å². The van der Waals surface area contributed by atoms with Crippen LogP contribution in [0.2, 0.25) is 0 Å². The monoisotopic (exact) mass is 330 g/mol. The molecule has 128 valence electrons. The van der Waals surface area contributed by atoms with Crippen LogP contribution in [0.4, 0.5) is 10.1 Å². The summed E-state index contributed by atoms with van der Waals surface area (Å²) in [6.07, 6.45) is 1.98. The number of aryl methyl sites for hydroxylation is 1. The average Bonchev–Trinajstić information content (AvgIpc) is 2.97. The number of rotatable bonds is 4. The molecule has 2 aromatic rings. The lowest BCUT2D eigenvalue weighted by Crippen LogP contribution is -2.62. The van der Waals surface area contributed by atoms with Crippen molar-refractivity contribution < 1.29 is 4.39 Å². The summed E-state index contributed by atoms with van der Waals surface area (Å²) >= 11 is 0. The van der Waals surface area contributed by atoms with Crippen LogP contribution in [0.25, 0.3) is 0 Å². The summed E-state index contributed by atoms with van der Waals surface area (Å²) in [5.41, 5.74) is 2.16. The van der Waals surface area contributed by atoms with Crippen molar-refractivity contribution in [3.8, 4) is 0 Å². The number of anilines is 1. The lowest BCUT2D eigenvalue weighted by Gasteiger charge is -2.48. The summed E-state index contributed by atoms with van der Waals surface area (Å²) in [6, 6.07) is 7.47. The Morgan fingerprint density at radius 3 is 2.42 bits per heavy atom. The van der Waals surface area contributed by atoms with Crippen LogP contribution >= 0.6 is 0 Å². The Morgan fingerprint density at radius 2 is 1.79 bits per heavy atom. The first kappa shape index (κ1) is 15.5. The van der Waals surface area contributed by atoms with Crippen molar-refractivity contribution in [2.75, 3.05) is 44.2 Å². The Morgan fingerprint density at radius 1 is 1.08 bits per heavy atom. The predicted octanol–water partition coefficient (Wildman–Crippen LogP) is 0.961. The van der Waals surface area contributed by atoms with E-state index in [1.807, 2.05) is 25.4 Å². The van der Waals surface area contributed by atoms with E-state index in [0.29, 0.717) is 6.04 Å². The molecule has 1 aromatic carbocycles. The Bertz CT molecular complexity index is 671. The van der Waals surface area contributed by atoms with Gasteiger partial charge in [0.1, 0.15) is 5.82 Å². The predicted molar refractivity (Wildman–Crippen MR) is 90.3 cm³/mol. The molecule has 2 fully saturated rings. The normalized spacial score (nSPS) is 20.3. The molecule has 2 aliphatic rings. The lowest BCUT2D eigenvalue weighted by atomic mass is 10.1. The molecule has 2 aliphatic heterocycles. The van der Waals surface area contributed by atoms with Crippen molar-refractivity contribution in [3.05, 3.63) is 42.0 Å². The van der Waals surface area contributed by atoms with Gasteiger partial charge in [0, 0.05) is 70.8 Å². The van der Waals surface area contributed by atoms with Gasteiger partial charge in [0.05, 0.1) is 5.69 Å². The molecule has 0 atom stereocenters. The minimum Gasteiger partial charge on any atom is -0.369 e. The highest BCUT2D eigenvalue weighted by Crippen LogP contribution is 2.21. The summed E-state index contributed by atoms with van der Waals surface area (Å²) in [5.74, 6) is -0.171. The van der Waals surface area contributed by atoms with E-state index in [1.165, 1.54) is 12.1 Å². The highest BCUT2D eigenvalue weighted by molar-refractivity contribution is 5.46. The van der Waals surface area contributed by atoms with Crippen LogP contribution in [0.5, 0.6) is 0 Å².